The first-order chi connectivity index (χ1) is 10.6. The van der Waals surface area contributed by atoms with E-state index in [0.29, 0.717) is 17.9 Å². The van der Waals surface area contributed by atoms with E-state index in [1.807, 2.05) is 0 Å². The van der Waals surface area contributed by atoms with Gasteiger partial charge in [0.25, 0.3) is 0 Å². The lowest BCUT2D eigenvalue weighted by Gasteiger charge is -2.06. The summed E-state index contributed by atoms with van der Waals surface area (Å²) in [4.78, 5) is 20.9. The first kappa shape index (κ1) is 14.9. The molecule has 0 saturated carbocycles. The summed E-state index contributed by atoms with van der Waals surface area (Å²) in [5.41, 5.74) is 1.93. The van der Waals surface area contributed by atoms with Crippen molar-refractivity contribution in [1.82, 2.24) is 9.97 Å². The summed E-state index contributed by atoms with van der Waals surface area (Å²) in [6.07, 6.45) is 7.08. The predicted molar refractivity (Wildman–Crippen MR) is 86.6 cm³/mol. The quantitative estimate of drug-likeness (QED) is 0.676. The Labute approximate surface area is 132 Å². The number of anilines is 1. The molecule has 0 aliphatic heterocycles. The maximum Gasteiger partial charge on any atom is 0.314 e. The van der Waals surface area contributed by atoms with Crippen molar-refractivity contribution >= 4 is 22.8 Å². The number of fused-ring (bicyclic) bond motifs is 1. The van der Waals surface area contributed by atoms with E-state index < -0.39 is 0 Å². The van der Waals surface area contributed by atoms with Crippen molar-refractivity contribution < 1.29 is 4.92 Å². The van der Waals surface area contributed by atoms with Gasteiger partial charge in [-0.15, -0.1) is 11.3 Å². The van der Waals surface area contributed by atoms with E-state index in [1.165, 1.54) is 23.4 Å². The molecule has 0 saturated heterocycles. The Morgan fingerprint density at radius 2 is 2.23 bits per heavy atom. The molecular formula is C15H18N4O2S. The van der Waals surface area contributed by atoms with Crippen LogP contribution in [0.2, 0.25) is 0 Å². The molecule has 0 fully saturated rings. The van der Waals surface area contributed by atoms with Gasteiger partial charge in [0.1, 0.15) is 0 Å². The second-order valence-electron chi connectivity index (χ2n) is 5.44. The fourth-order valence-electron chi connectivity index (χ4n) is 2.71. The lowest BCUT2D eigenvalue weighted by atomic mass is 10.0. The SMILES string of the molecule is Cc1ccnc(NCCc2nc3c(s2)CCCC3)c1[N+](=O)[O-]. The Morgan fingerprint density at radius 3 is 3.00 bits per heavy atom. The molecule has 22 heavy (non-hydrogen) atoms. The highest BCUT2D eigenvalue weighted by Crippen LogP contribution is 2.28. The van der Waals surface area contributed by atoms with Gasteiger partial charge >= 0.3 is 5.69 Å². The second-order valence-corrected chi connectivity index (χ2v) is 6.61. The van der Waals surface area contributed by atoms with E-state index in [4.69, 9.17) is 0 Å². The third-order valence-electron chi connectivity index (χ3n) is 3.83. The van der Waals surface area contributed by atoms with E-state index in [9.17, 15) is 10.1 Å². The summed E-state index contributed by atoms with van der Waals surface area (Å²) in [5.74, 6) is 0.339. The number of hydrogen-bond acceptors (Lipinski definition) is 6. The first-order valence-corrected chi connectivity index (χ1v) is 8.28. The van der Waals surface area contributed by atoms with Crippen molar-refractivity contribution in [1.29, 1.82) is 0 Å². The Kier molecular flexibility index (Phi) is 4.33. The first-order valence-electron chi connectivity index (χ1n) is 7.46. The van der Waals surface area contributed by atoms with Crippen LogP contribution < -0.4 is 5.32 Å². The molecule has 3 rings (SSSR count). The fourth-order valence-corrected chi connectivity index (χ4v) is 3.87. The molecule has 2 aromatic heterocycles. The third kappa shape index (κ3) is 3.09. The van der Waals surface area contributed by atoms with Crippen molar-refractivity contribution in [3.05, 3.63) is 43.5 Å². The van der Waals surface area contributed by atoms with Crippen LogP contribution in [-0.2, 0) is 19.3 Å². The molecule has 2 heterocycles. The number of nitrogens with zero attached hydrogens (tertiary/aromatic N) is 3. The van der Waals surface area contributed by atoms with Crippen LogP contribution in [0, 0.1) is 17.0 Å². The van der Waals surface area contributed by atoms with Gasteiger partial charge < -0.3 is 5.32 Å². The van der Waals surface area contributed by atoms with Crippen LogP contribution in [-0.4, -0.2) is 21.4 Å². The van der Waals surface area contributed by atoms with Crippen molar-refractivity contribution in [2.24, 2.45) is 0 Å². The van der Waals surface area contributed by atoms with Gasteiger partial charge in [0.2, 0.25) is 5.82 Å². The molecule has 0 bridgehead atoms. The number of hydrogen-bond donors (Lipinski definition) is 1. The average molecular weight is 318 g/mol. The molecule has 116 valence electrons. The van der Waals surface area contributed by atoms with Gasteiger partial charge in [0.15, 0.2) is 0 Å². The van der Waals surface area contributed by atoms with Gasteiger partial charge in [-0.2, -0.15) is 0 Å². The van der Waals surface area contributed by atoms with Crippen molar-refractivity contribution in [2.75, 3.05) is 11.9 Å². The maximum atomic E-state index is 11.1. The topological polar surface area (TPSA) is 81.0 Å². The van der Waals surface area contributed by atoms with Crippen LogP contribution in [0.15, 0.2) is 12.3 Å². The molecule has 0 aromatic carbocycles. The van der Waals surface area contributed by atoms with Gasteiger partial charge in [-0.1, -0.05) is 0 Å². The zero-order chi connectivity index (χ0) is 15.5. The number of rotatable bonds is 5. The highest BCUT2D eigenvalue weighted by atomic mass is 32.1. The molecule has 0 amide bonds. The van der Waals surface area contributed by atoms with E-state index in [0.717, 1.165) is 24.3 Å². The Bertz CT molecular complexity index is 675. The summed E-state index contributed by atoms with van der Waals surface area (Å²) in [6, 6.07) is 1.65. The van der Waals surface area contributed by atoms with Gasteiger partial charge in [0.05, 0.1) is 15.6 Å². The highest BCUT2D eigenvalue weighted by molar-refractivity contribution is 7.11. The van der Waals surface area contributed by atoms with Crippen LogP contribution in [0.4, 0.5) is 11.5 Å². The average Bonchev–Trinajstić information content (AvgIpc) is 2.89. The molecule has 0 radical (unpaired) electrons. The minimum Gasteiger partial charge on any atom is -0.364 e. The van der Waals surface area contributed by atoms with Crippen molar-refractivity contribution in [2.45, 2.75) is 39.0 Å². The summed E-state index contributed by atoms with van der Waals surface area (Å²) in [6.45, 7) is 2.32. The fraction of sp³-hybridized carbons (Fsp3) is 0.467. The van der Waals surface area contributed by atoms with Crippen LogP contribution >= 0.6 is 11.3 Å². The van der Waals surface area contributed by atoms with Crippen molar-refractivity contribution in [3.63, 3.8) is 0 Å². The molecule has 1 N–H and O–H groups in total. The zero-order valence-corrected chi connectivity index (χ0v) is 13.3. The number of thiazole rings is 1. The molecular weight excluding hydrogens is 300 g/mol. The van der Waals surface area contributed by atoms with Crippen LogP contribution in [0.1, 0.15) is 34.0 Å². The minimum absolute atomic E-state index is 0.0564. The number of nitro groups is 1. The van der Waals surface area contributed by atoms with Gasteiger partial charge in [-0.25, -0.2) is 9.97 Å². The lowest BCUT2D eigenvalue weighted by molar-refractivity contribution is -0.384. The lowest BCUT2D eigenvalue weighted by Crippen LogP contribution is -2.09. The third-order valence-corrected chi connectivity index (χ3v) is 5.05. The second kappa shape index (κ2) is 6.39. The molecule has 0 spiro atoms. The minimum atomic E-state index is -0.382. The summed E-state index contributed by atoms with van der Waals surface area (Å²) in [7, 11) is 0. The van der Waals surface area contributed by atoms with Crippen molar-refractivity contribution in [3.8, 4) is 0 Å². The van der Waals surface area contributed by atoms with E-state index in [1.54, 1.807) is 30.5 Å². The predicted octanol–water partition coefficient (Wildman–Crippen LogP) is 3.29. The molecule has 0 unspecified atom stereocenters. The maximum absolute atomic E-state index is 11.1. The number of aromatic nitrogens is 2. The molecule has 0 atom stereocenters. The molecule has 6 nitrogen and oxygen atoms in total. The Hall–Kier alpha value is -2.02. The summed E-state index contributed by atoms with van der Waals surface area (Å²) < 4.78 is 0. The van der Waals surface area contributed by atoms with Gasteiger partial charge in [-0.3, -0.25) is 10.1 Å². The summed E-state index contributed by atoms with van der Waals surface area (Å²) >= 11 is 1.78. The number of nitrogens with one attached hydrogen (secondary N) is 1. The molecule has 2 aromatic rings. The van der Waals surface area contributed by atoms with Gasteiger partial charge in [-0.05, 0) is 38.7 Å². The highest BCUT2D eigenvalue weighted by Gasteiger charge is 2.18. The standard InChI is InChI=1S/C15H18N4O2S/c1-10-6-8-16-15(14(10)19(20)21)17-9-7-13-18-11-4-2-3-5-12(11)22-13/h6,8H,2-5,7,9H2,1H3,(H,16,17). The van der Waals surface area contributed by atoms with Crippen LogP contribution in [0.25, 0.3) is 0 Å². The van der Waals surface area contributed by atoms with Crippen LogP contribution in [0.5, 0.6) is 0 Å². The van der Waals surface area contributed by atoms with E-state index in [2.05, 4.69) is 15.3 Å². The number of pyridine rings is 1. The zero-order valence-electron chi connectivity index (χ0n) is 12.5. The molecule has 1 aliphatic rings. The Balaban J connectivity index is 1.65. The van der Waals surface area contributed by atoms with Crippen LogP contribution in [0.3, 0.4) is 0 Å². The largest absolute Gasteiger partial charge is 0.364 e. The van der Waals surface area contributed by atoms with E-state index in [-0.39, 0.29) is 10.6 Å². The monoisotopic (exact) mass is 318 g/mol. The molecule has 1 aliphatic carbocycles. The van der Waals surface area contributed by atoms with Gasteiger partial charge in [0, 0.05) is 29.6 Å². The molecule has 7 heteroatoms. The van der Waals surface area contributed by atoms with E-state index >= 15 is 0 Å². The summed E-state index contributed by atoms with van der Waals surface area (Å²) in [5, 5.41) is 15.3. The number of aryl methyl sites for hydroxylation is 3. The normalized spacial score (nSPS) is 13.7. The Morgan fingerprint density at radius 1 is 1.41 bits per heavy atom. The smallest absolute Gasteiger partial charge is 0.314 e.